The van der Waals surface area contributed by atoms with Crippen LogP contribution in [0.25, 0.3) is 0 Å². The average Bonchev–Trinajstić information content (AvgIpc) is 3.42. The molecule has 2 amide bonds. The van der Waals surface area contributed by atoms with E-state index in [2.05, 4.69) is 11.4 Å². The second-order valence-electron chi connectivity index (χ2n) is 8.33. The van der Waals surface area contributed by atoms with E-state index in [1.54, 1.807) is 17.2 Å². The summed E-state index contributed by atoms with van der Waals surface area (Å²) in [6, 6.07) is 11.3. The fourth-order valence-corrected chi connectivity index (χ4v) is 4.15. The molecular formula is C25H26FN5O3. The maximum Gasteiger partial charge on any atom is 0.253 e. The zero-order chi connectivity index (χ0) is 24.2. The number of benzene rings is 1. The minimum absolute atomic E-state index is 0.146. The molecule has 0 radical (unpaired) electrons. The van der Waals surface area contributed by atoms with Crippen LogP contribution in [0.5, 0.6) is 0 Å². The molecule has 3 heterocycles. The van der Waals surface area contributed by atoms with Crippen molar-refractivity contribution in [1.29, 1.82) is 5.26 Å². The predicted molar refractivity (Wildman–Crippen MR) is 124 cm³/mol. The van der Waals surface area contributed by atoms with Crippen LogP contribution in [-0.4, -0.2) is 58.9 Å². The second kappa shape index (κ2) is 9.93. The minimum atomic E-state index is -0.382. The summed E-state index contributed by atoms with van der Waals surface area (Å²) >= 11 is 0. The highest BCUT2D eigenvalue weighted by Gasteiger charge is 2.25. The standard InChI is InChI=1S/C25H26FN5O3/c1-17-18(2)31(15-21-4-3-13-34-21)24(22(17)14-27)28-23(32)16-29-9-11-30(12-10-29)25(33)19-5-7-20(26)8-6-19/h3-8,13H,9-12,15-16H2,1-2H3,(H,28,32). The molecule has 0 bridgehead atoms. The summed E-state index contributed by atoms with van der Waals surface area (Å²) in [5, 5.41) is 12.6. The molecule has 4 rings (SSSR count). The average molecular weight is 464 g/mol. The van der Waals surface area contributed by atoms with Crippen molar-refractivity contribution in [3.05, 3.63) is 76.6 Å². The van der Waals surface area contributed by atoms with Crippen LogP contribution in [0, 0.1) is 31.0 Å². The second-order valence-corrected chi connectivity index (χ2v) is 8.33. The Morgan fingerprint density at radius 1 is 1.12 bits per heavy atom. The van der Waals surface area contributed by atoms with E-state index < -0.39 is 0 Å². The Labute approximate surface area is 197 Å². The number of hydrogen-bond acceptors (Lipinski definition) is 5. The highest BCUT2D eigenvalue weighted by molar-refractivity contribution is 5.94. The third-order valence-corrected chi connectivity index (χ3v) is 6.21. The van der Waals surface area contributed by atoms with Crippen LogP contribution in [0.3, 0.4) is 0 Å². The van der Waals surface area contributed by atoms with Crippen molar-refractivity contribution >= 4 is 17.6 Å². The van der Waals surface area contributed by atoms with Gasteiger partial charge in [0.05, 0.1) is 24.9 Å². The van der Waals surface area contributed by atoms with Gasteiger partial charge in [-0.25, -0.2) is 4.39 Å². The fourth-order valence-electron chi connectivity index (χ4n) is 4.15. The van der Waals surface area contributed by atoms with Crippen molar-refractivity contribution in [3.63, 3.8) is 0 Å². The van der Waals surface area contributed by atoms with Crippen LogP contribution < -0.4 is 5.32 Å². The first-order valence-corrected chi connectivity index (χ1v) is 11.1. The van der Waals surface area contributed by atoms with Crippen molar-refractivity contribution in [2.24, 2.45) is 0 Å². The lowest BCUT2D eigenvalue weighted by Gasteiger charge is -2.34. The first-order chi connectivity index (χ1) is 16.4. The molecule has 34 heavy (non-hydrogen) atoms. The topological polar surface area (TPSA) is 94.5 Å². The number of carbonyl (C=O) groups is 2. The Morgan fingerprint density at radius 2 is 1.82 bits per heavy atom. The third-order valence-electron chi connectivity index (χ3n) is 6.21. The van der Waals surface area contributed by atoms with E-state index in [9.17, 15) is 19.2 Å². The van der Waals surface area contributed by atoms with Gasteiger partial charge in [0.2, 0.25) is 5.91 Å². The number of nitrogens with zero attached hydrogens (tertiary/aromatic N) is 4. The number of anilines is 1. The number of carbonyl (C=O) groups excluding carboxylic acids is 2. The Hall–Kier alpha value is -3.90. The zero-order valence-corrected chi connectivity index (χ0v) is 19.2. The van der Waals surface area contributed by atoms with E-state index in [1.807, 2.05) is 29.4 Å². The van der Waals surface area contributed by atoms with Crippen LogP contribution in [-0.2, 0) is 11.3 Å². The Morgan fingerprint density at radius 3 is 2.44 bits per heavy atom. The molecule has 1 aliphatic heterocycles. The lowest BCUT2D eigenvalue weighted by molar-refractivity contribution is -0.117. The molecule has 1 saturated heterocycles. The Kier molecular flexibility index (Phi) is 6.80. The molecule has 0 atom stereocenters. The van der Waals surface area contributed by atoms with Gasteiger partial charge in [-0.3, -0.25) is 14.5 Å². The predicted octanol–water partition coefficient (Wildman–Crippen LogP) is 3.15. The van der Waals surface area contributed by atoms with E-state index in [-0.39, 0.29) is 24.2 Å². The Balaban J connectivity index is 1.38. The molecule has 1 fully saturated rings. The van der Waals surface area contributed by atoms with Crippen molar-refractivity contribution in [2.45, 2.75) is 20.4 Å². The first-order valence-electron chi connectivity index (χ1n) is 11.1. The molecule has 0 spiro atoms. The highest BCUT2D eigenvalue weighted by Crippen LogP contribution is 2.27. The van der Waals surface area contributed by atoms with Gasteiger partial charge in [0, 0.05) is 37.4 Å². The molecule has 1 aliphatic rings. The van der Waals surface area contributed by atoms with E-state index in [1.165, 1.54) is 24.3 Å². The largest absolute Gasteiger partial charge is 0.467 e. The van der Waals surface area contributed by atoms with E-state index in [0.717, 1.165) is 17.0 Å². The summed E-state index contributed by atoms with van der Waals surface area (Å²) in [4.78, 5) is 29.2. The first kappa shape index (κ1) is 23.3. The number of nitrogens with one attached hydrogen (secondary N) is 1. The van der Waals surface area contributed by atoms with Gasteiger partial charge in [-0.1, -0.05) is 0 Å². The lowest BCUT2D eigenvalue weighted by Crippen LogP contribution is -2.50. The molecule has 0 saturated carbocycles. The minimum Gasteiger partial charge on any atom is -0.467 e. The normalized spacial score (nSPS) is 14.1. The zero-order valence-electron chi connectivity index (χ0n) is 19.2. The molecule has 8 nitrogen and oxygen atoms in total. The third kappa shape index (κ3) is 4.87. The number of rotatable bonds is 6. The molecule has 1 aromatic carbocycles. The lowest BCUT2D eigenvalue weighted by atomic mass is 10.1. The molecule has 2 aromatic heterocycles. The fraction of sp³-hybridized carbons (Fsp3) is 0.320. The summed E-state index contributed by atoms with van der Waals surface area (Å²) in [5.41, 5.74) is 2.58. The number of hydrogen-bond donors (Lipinski definition) is 1. The molecule has 0 aliphatic carbocycles. The van der Waals surface area contributed by atoms with Gasteiger partial charge < -0.3 is 19.2 Å². The van der Waals surface area contributed by atoms with Crippen LogP contribution in [0.4, 0.5) is 10.2 Å². The van der Waals surface area contributed by atoms with E-state index in [0.29, 0.717) is 49.7 Å². The van der Waals surface area contributed by atoms with Gasteiger partial charge in [-0.05, 0) is 55.8 Å². The maximum atomic E-state index is 13.1. The van der Waals surface area contributed by atoms with Crippen molar-refractivity contribution < 1.29 is 18.4 Å². The van der Waals surface area contributed by atoms with Gasteiger partial charge in [0.25, 0.3) is 5.91 Å². The van der Waals surface area contributed by atoms with Gasteiger partial charge in [-0.2, -0.15) is 5.26 Å². The SMILES string of the molecule is Cc1c(C#N)c(NC(=O)CN2CCN(C(=O)c3ccc(F)cc3)CC2)n(Cc2ccco2)c1C. The quantitative estimate of drug-likeness (QED) is 0.606. The number of furan rings is 1. The number of aromatic nitrogens is 1. The highest BCUT2D eigenvalue weighted by atomic mass is 19.1. The Bertz CT molecular complexity index is 1220. The van der Waals surface area contributed by atoms with Gasteiger partial charge >= 0.3 is 0 Å². The van der Waals surface area contributed by atoms with Crippen molar-refractivity contribution in [2.75, 3.05) is 38.0 Å². The van der Waals surface area contributed by atoms with Crippen LogP contribution in [0.2, 0.25) is 0 Å². The van der Waals surface area contributed by atoms with Crippen molar-refractivity contribution in [1.82, 2.24) is 14.4 Å². The van der Waals surface area contributed by atoms with Gasteiger partial charge in [-0.15, -0.1) is 0 Å². The molecule has 1 N–H and O–H groups in total. The summed E-state index contributed by atoms with van der Waals surface area (Å²) in [5.74, 6) is 0.425. The summed E-state index contributed by atoms with van der Waals surface area (Å²) in [7, 11) is 0. The monoisotopic (exact) mass is 463 g/mol. The van der Waals surface area contributed by atoms with Crippen LogP contribution >= 0.6 is 0 Å². The number of halogens is 1. The van der Waals surface area contributed by atoms with Crippen molar-refractivity contribution in [3.8, 4) is 6.07 Å². The van der Waals surface area contributed by atoms with E-state index >= 15 is 0 Å². The molecule has 0 unspecified atom stereocenters. The molecule has 9 heteroatoms. The molecule has 3 aromatic rings. The molecule has 176 valence electrons. The number of piperazine rings is 1. The van der Waals surface area contributed by atoms with Gasteiger partial charge in [0.15, 0.2) is 0 Å². The van der Waals surface area contributed by atoms with Gasteiger partial charge in [0.1, 0.15) is 23.5 Å². The smallest absolute Gasteiger partial charge is 0.253 e. The van der Waals surface area contributed by atoms with E-state index in [4.69, 9.17) is 4.42 Å². The summed E-state index contributed by atoms with van der Waals surface area (Å²) in [6.45, 7) is 6.34. The van der Waals surface area contributed by atoms with Crippen LogP contribution in [0.15, 0.2) is 47.1 Å². The summed E-state index contributed by atoms with van der Waals surface area (Å²) < 4.78 is 20.4. The molecular weight excluding hydrogens is 437 g/mol. The van der Waals surface area contributed by atoms with Crippen LogP contribution in [0.1, 0.15) is 32.9 Å². The number of amides is 2. The maximum absolute atomic E-state index is 13.1. The number of nitriles is 1. The summed E-state index contributed by atoms with van der Waals surface area (Å²) in [6.07, 6.45) is 1.59.